The highest BCUT2D eigenvalue weighted by atomic mass is 16.5. The van der Waals surface area contributed by atoms with Gasteiger partial charge in [0.2, 0.25) is 5.91 Å². The van der Waals surface area contributed by atoms with Crippen molar-refractivity contribution in [3.05, 3.63) is 0 Å². The van der Waals surface area contributed by atoms with E-state index in [1.165, 1.54) is 0 Å². The molecule has 2 N–H and O–H groups in total. The number of methoxy groups -OCH3 is 1. The first-order chi connectivity index (χ1) is 8.15. The molecule has 1 aliphatic heterocycles. The van der Waals surface area contributed by atoms with Crippen LogP contribution in [0.2, 0.25) is 0 Å². The van der Waals surface area contributed by atoms with E-state index in [1.54, 1.807) is 7.11 Å². The summed E-state index contributed by atoms with van der Waals surface area (Å²) in [5, 5.41) is 6.32. The Balaban J connectivity index is 2.25. The van der Waals surface area contributed by atoms with E-state index in [1.807, 2.05) is 6.92 Å². The first-order valence-corrected chi connectivity index (χ1v) is 6.39. The molecule has 1 amide bonds. The summed E-state index contributed by atoms with van der Waals surface area (Å²) in [7, 11) is 1.67. The van der Waals surface area contributed by atoms with Crippen LogP contribution in [-0.4, -0.2) is 62.8 Å². The topological polar surface area (TPSA) is 53.6 Å². The van der Waals surface area contributed by atoms with Gasteiger partial charge in [0, 0.05) is 45.9 Å². The van der Waals surface area contributed by atoms with E-state index in [-0.39, 0.29) is 11.9 Å². The third kappa shape index (κ3) is 5.02. The fourth-order valence-electron chi connectivity index (χ4n) is 2.06. The molecule has 0 aromatic rings. The Bertz CT molecular complexity index is 236. The highest BCUT2D eigenvalue weighted by molar-refractivity contribution is 5.81. The molecular weight excluding hydrogens is 218 g/mol. The maximum Gasteiger partial charge on any atom is 0.237 e. The Morgan fingerprint density at radius 1 is 1.65 bits per heavy atom. The average molecular weight is 243 g/mol. The Labute approximate surface area is 104 Å². The normalized spacial score (nSPS) is 23.4. The van der Waals surface area contributed by atoms with Crippen LogP contribution in [0.5, 0.6) is 0 Å². The molecule has 100 valence electrons. The van der Waals surface area contributed by atoms with Gasteiger partial charge in [-0.2, -0.15) is 0 Å². The van der Waals surface area contributed by atoms with Gasteiger partial charge >= 0.3 is 0 Å². The van der Waals surface area contributed by atoms with E-state index in [2.05, 4.69) is 22.5 Å². The molecule has 0 aliphatic carbocycles. The van der Waals surface area contributed by atoms with E-state index < -0.39 is 0 Å². The van der Waals surface area contributed by atoms with Gasteiger partial charge < -0.3 is 15.4 Å². The van der Waals surface area contributed by atoms with Crippen molar-refractivity contribution in [3.8, 4) is 0 Å². The molecule has 5 heteroatoms. The van der Waals surface area contributed by atoms with Gasteiger partial charge in [-0.15, -0.1) is 0 Å². The Morgan fingerprint density at radius 2 is 2.41 bits per heavy atom. The molecule has 1 fully saturated rings. The number of nitrogens with one attached hydrogen (secondary N) is 2. The molecule has 1 heterocycles. The zero-order valence-corrected chi connectivity index (χ0v) is 11.2. The van der Waals surface area contributed by atoms with Gasteiger partial charge in [0.25, 0.3) is 0 Å². The third-order valence-electron chi connectivity index (χ3n) is 3.15. The fourth-order valence-corrected chi connectivity index (χ4v) is 2.06. The number of carbonyl (C=O) groups excluding carboxylic acids is 1. The van der Waals surface area contributed by atoms with E-state index in [9.17, 15) is 4.79 Å². The van der Waals surface area contributed by atoms with Crippen LogP contribution in [0.4, 0.5) is 0 Å². The van der Waals surface area contributed by atoms with Crippen molar-refractivity contribution < 1.29 is 9.53 Å². The number of amides is 1. The molecule has 0 radical (unpaired) electrons. The van der Waals surface area contributed by atoms with Crippen LogP contribution in [0.1, 0.15) is 20.3 Å². The van der Waals surface area contributed by atoms with Gasteiger partial charge in [-0.05, 0) is 20.3 Å². The van der Waals surface area contributed by atoms with Crippen LogP contribution in [0.15, 0.2) is 0 Å². The molecule has 0 aromatic heterocycles. The van der Waals surface area contributed by atoms with Crippen molar-refractivity contribution in [1.29, 1.82) is 0 Å². The summed E-state index contributed by atoms with van der Waals surface area (Å²) in [5.74, 6) is 0.121. The lowest BCUT2D eigenvalue weighted by Gasteiger charge is -2.35. The average Bonchev–Trinajstić information content (AvgIpc) is 2.33. The predicted octanol–water partition coefficient (Wildman–Crippen LogP) is -0.179. The molecule has 1 saturated heterocycles. The number of carbonyl (C=O) groups is 1. The van der Waals surface area contributed by atoms with E-state index in [0.29, 0.717) is 19.2 Å². The number of hydrogen-bond donors (Lipinski definition) is 2. The Morgan fingerprint density at radius 3 is 3.06 bits per heavy atom. The summed E-state index contributed by atoms with van der Waals surface area (Å²) in [4.78, 5) is 14.1. The van der Waals surface area contributed by atoms with Crippen molar-refractivity contribution in [2.45, 2.75) is 32.4 Å². The molecule has 0 bridgehead atoms. The van der Waals surface area contributed by atoms with Gasteiger partial charge in [-0.3, -0.25) is 9.69 Å². The number of rotatable bonds is 6. The number of piperazine rings is 1. The second-order valence-corrected chi connectivity index (χ2v) is 4.66. The minimum atomic E-state index is -0.0397. The minimum absolute atomic E-state index is 0.0397. The molecule has 1 rings (SSSR count). The van der Waals surface area contributed by atoms with E-state index >= 15 is 0 Å². The quantitative estimate of drug-likeness (QED) is 0.636. The standard InChI is InChI=1S/C12H25N3O2/c1-10-9-15(7-6-13-10)11(2)12(16)14-5-4-8-17-3/h10-11,13H,4-9H2,1-3H3,(H,14,16). The molecule has 0 spiro atoms. The fraction of sp³-hybridized carbons (Fsp3) is 0.917. The summed E-state index contributed by atoms with van der Waals surface area (Å²) in [6.07, 6.45) is 0.868. The van der Waals surface area contributed by atoms with Gasteiger partial charge in [0.05, 0.1) is 6.04 Å². The minimum Gasteiger partial charge on any atom is -0.385 e. The van der Waals surface area contributed by atoms with Crippen LogP contribution in [0.3, 0.4) is 0 Å². The zero-order chi connectivity index (χ0) is 12.7. The van der Waals surface area contributed by atoms with Crippen molar-refractivity contribution in [2.75, 3.05) is 39.9 Å². The van der Waals surface area contributed by atoms with Crippen molar-refractivity contribution in [2.24, 2.45) is 0 Å². The predicted molar refractivity (Wildman–Crippen MR) is 68.0 cm³/mol. The first kappa shape index (κ1) is 14.4. The van der Waals surface area contributed by atoms with E-state index in [4.69, 9.17) is 4.74 Å². The number of hydrogen-bond acceptors (Lipinski definition) is 4. The molecule has 17 heavy (non-hydrogen) atoms. The van der Waals surface area contributed by atoms with Crippen LogP contribution in [-0.2, 0) is 9.53 Å². The second kappa shape index (κ2) is 7.63. The summed E-state index contributed by atoms with van der Waals surface area (Å²) in [6.45, 7) is 8.35. The molecule has 0 aromatic carbocycles. The molecule has 2 unspecified atom stereocenters. The smallest absolute Gasteiger partial charge is 0.237 e. The van der Waals surface area contributed by atoms with E-state index in [0.717, 1.165) is 26.1 Å². The van der Waals surface area contributed by atoms with Gasteiger partial charge in [-0.1, -0.05) is 0 Å². The van der Waals surface area contributed by atoms with Gasteiger partial charge in [-0.25, -0.2) is 0 Å². The number of ether oxygens (including phenoxy) is 1. The van der Waals surface area contributed by atoms with Crippen molar-refractivity contribution in [1.82, 2.24) is 15.5 Å². The van der Waals surface area contributed by atoms with Gasteiger partial charge in [0.1, 0.15) is 0 Å². The van der Waals surface area contributed by atoms with Crippen LogP contribution >= 0.6 is 0 Å². The molecule has 1 aliphatic rings. The zero-order valence-electron chi connectivity index (χ0n) is 11.2. The molecule has 0 saturated carbocycles. The molecule has 5 nitrogen and oxygen atoms in total. The maximum atomic E-state index is 11.9. The third-order valence-corrected chi connectivity index (χ3v) is 3.15. The highest BCUT2D eigenvalue weighted by Crippen LogP contribution is 2.04. The Hall–Kier alpha value is -0.650. The maximum absolute atomic E-state index is 11.9. The van der Waals surface area contributed by atoms with Crippen LogP contribution in [0, 0.1) is 0 Å². The van der Waals surface area contributed by atoms with Crippen molar-refractivity contribution in [3.63, 3.8) is 0 Å². The first-order valence-electron chi connectivity index (χ1n) is 6.39. The van der Waals surface area contributed by atoms with Crippen LogP contribution < -0.4 is 10.6 Å². The lowest BCUT2D eigenvalue weighted by Crippen LogP contribution is -2.55. The van der Waals surface area contributed by atoms with Crippen molar-refractivity contribution >= 4 is 5.91 Å². The Kier molecular flexibility index (Phi) is 6.47. The summed E-state index contributed by atoms with van der Waals surface area (Å²) >= 11 is 0. The second-order valence-electron chi connectivity index (χ2n) is 4.66. The molecular formula is C12H25N3O2. The van der Waals surface area contributed by atoms with Crippen LogP contribution in [0.25, 0.3) is 0 Å². The lowest BCUT2D eigenvalue weighted by molar-refractivity contribution is -0.126. The summed E-state index contributed by atoms with van der Waals surface area (Å²) < 4.78 is 4.94. The monoisotopic (exact) mass is 243 g/mol. The highest BCUT2D eigenvalue weighted by Gasteiger charge is 2.24. The SMILES string of the molecule is COCCCNC(=O)C(C)N1CCNC(C)C1. The summed E-state index contributed by atoms with van der Waals surface area (Å²) in [5.41, 5.74) is 0. The summed E-state index contributed by atoms with van der Waals surface area (Å²) in [6, 6.07) is 0.426. The lowest BCUT2D eigenvalue weighted by atomic mass is 10.1. The largest absolute Gasteiger partial charge is 0.385 e. The molecule has 2 atom stereocenters. The van der Waals surface area contributed by atoms with Gasteiger partial charge in [0.15, 0.2) is 0 Å². The number of nitrogens with zero attached hydrogens (tertiary/aromatic N) is 1.